The van der Waals surface area contributed by atoms with Gasteiger partial charge in [0.25, 0.3) is 0 Å². The summed E-state index contributed by atoms with van der Waals surface area (Å²) in [7, 11) is 1.64. The Kier molecular flexibility index (Phi) is 9.55. The molecule has 0 bridgehead atoms. The highest BCUT2D eigenvalue weighted by Crippen LogP contribution is 2.43. The number of quaternary nitrogens is 1. The Balaban J connectivity index is 4.29. The third kappa shape index (κ3) is 12.8. The SMILES string of the molecule is C/C=C/O[C@H](COC(C)=O)COP(=O)(O)OCC[N+](C)(C)C. The summed E-state index contributed by atoms with van der Waals surface area (Å²) in [5.41, 5.74) is 0. The van der Waals surface area contributed by atoms with Gasteiger partial charge in [0.2, 0.25) is 0 Å². The van der Waals surface area contributed by atoms with E-state index in [1.807, 2.05) is 21.1 Å². The zero-order chi connectivity index (χ0) is 17.2. The van der Waals surface area contributed by atoms with Crippen LogP contribution in [0.2, 0.25) is 0 Å². The molecule has 0 amide bonds. The number of likely N-dealkylation sites (N-methyl/N-ethyl adjacent to an activating group) is 1. The Hall–Kier alpha value is -0.920. The lowest BCUT2D eigenvalue weighted by atomic mass is 10.4. The molecule has 0 saturated heterocycles. The minimum absolute atomic E-state index is 0.0848. The van der Waals surface area contributed by atoms with E-state index in [0.717, 1.165) is 0 Å². The van der Waals surface area contributed by atoms with Crippen molar-refractivity contribution in [2.24, 2.45) is 0 Å². The second-order valence-electron chi connectivity index (χ2n) is 5.64. The predicted octanol–water partition coefficient (Wildman–Crippen LogP) is 1.31. The molecule has 0 aliphatic carbocycles. The molecule has 0 aromatic rings. The van der Waals surface area contributed by atoms with Gasteiger partial charge in [0, 0.05) is 6.92 Å². The molecule has 8 nitrogen and oxygen atoms in total. The highest BCUT2D eigenvalue weighted by Gasteiger charge is 2.25. The lowest BCUT2D eigenvalue weighted by molar-refractivity contribution is -0.870. The highest BCUT2D eigenvalue weighted by molar-refractivity contribution is 7.47. The van der Waals surface area contributed by atoms with E-state index in [1.165, 1.54) is 13.2 Å². The summed E-state index contributed by atoms with van der Waals surface area (Å²) in [6.07, 6.45) is 2.33. The second-order valence-corrected chi connectivity index (χ2v) is 7.10. The molecule has 0 aromatic carbocycles. The fraction of sp³-hybridized carbons (Fsp3) is 0.769. The minimum Gasteiger partial charge on any atom is -0.492 e. The third-order valence-electron chi connectivity index (χ3n) is 2.32. The van der Waals surface area contributed by atoms with E-state index < -0.39 is 19.9 Å². The van der Waals surface area contributed by atoms with Gasteiger partial charge >= 0.3 is 13.8 Å². The monoisotopic (exact) mass is 340 g/mol. The molecule has 0 fully saturated rings. The van der Waals surface area contributed by atoms with E-state index in [4.69, 9.17) is 18.5 Å². The van der Waals surface area contributed by atoms with Crippen molar-refractivity contribution >= 4 is 13.8 Å². The van der Waals surface area contributed by atoms with Crippen molar-refractivity contribution < 1.29 is 37.3 Å². The molecule has 0 spiro atoms. The van der Waals surface area contributed by atoms with Crippen LogP contribution in [0.5, 0.6) is 0 Å². The van der Waals surface area contributed by atoms with Crippen LogP contribution >= 0.6 is 7.82 Å². The molecule has 0 aromatic heterocycles. The topological polar surface area (TPSA) is 91.3 Å². The van der Waals surface area contributed by atoms with Crippen LogP contribution in [0.3, 0.4) is 0 Å². The number of hydrogen-bond acceptors (Lipinski definition) is 6. The maximum atomic E-state index is 11.7. The number of carbonyl (C=O) groups is 1. The molecule has 0 aliphatic heterocycles. The number of carbonyl (C=O) groups excluding carboxylic acids is 1. The van der Waals surface area contributed by atoms with Crippen LogP contribution in [-0.4, -0.2) is 69.0 Å². The van der Waals surface area contributed by atoms with E-state index in [-0.39, 0.29) is 19.8 Å². The quantitative estimate of drug-likeness (QED) is 0.262. The van der Waals surface area contributed by atoms with Crippen LogP contribution < -0.4 is 0 Å². The van der Waals surface area contributed by atoms with E-state index in [1.54, 1.807) is 13.0 Å². The Labute approximate surface area is 131 Å². The molecule has 22 heavy (non-hydrogen) atoms. The number of allylic oxidation sites excluding steroid dienone is 1. The number of rotatable bonds is 11. The first-order valence-corrected chi connectivity index (χ1v) is 8.37. The summed E-state index contributed by atoms with van der Waals surface area (Å²) in [4.78, 5) is 20.4. The van der Waals surface area contributed by atoms with Gasteiger partial charge in [-0.25, -0.2) is 4.57 Å². The lowest BCUT2D eigenvalue weighted by Crippen LogP contribution is -2.37. The Morgan fingerprint density at radius 1 is 1.27 bits per heavy atom. The van der Waals surface area contributed by atoms with Crippen LogP contribution in [0.1, 0.15) is 13.8 Å². The van der Waals surface area contributed by atoms with Crippen LogP contribution in [0, 0.1) is 0 Å². The molecule has 0 heterocycles. The normalized spacial score (nSPS) is 16.3. The number of phosphoric ester groups is 1. The summed E-state index contributed by atoms with van der Waals surface area (Å²) < 4.78 is 32.1. The number of nitrogens with zero attached hydrogens (tertiary/aromatic N) is 1. The van der Waals surface area contributed by atoms with Crippen molar-refractivity contribution in [3.8, 4) is 0 Å². The Bertz CT molecular complexity index is 406. The zero-order valence-corrected chi connectivity index (χ0v) is 14.7. The van der Waals surface area contributed by atoms with Crippen LogP contribution in [0.15, 0.2) is 12.3 Å². The molecule has 0 saturated carbocycles. The van der Waals surface area contributed by atoms with Crippen molar-refractivity contribution in [1.29, 1.82) is 0 Å². The summed E-state index contributed by atoms with van der Waals surface area (Å²) in [5.74, 6) is -0.472. The number of ether oxygens (including phenoxy) is 2. The summed E-state index contributed by atoms with van der Waals surface area (Å²) in [5, 5.41) is 0. The van der Waals surface area contributed by atoms with E-state index in [9.17, 15) is 14.3 Å². The summed E-state index contributed by atoms with van der Waals surface area (Å²) in [6, 6.07) is 0. The van der Waals surface area contributed by atoms with Gasteiger partial charge in [0.05, 0.1) is 34.0 Å². The molecule has 1 unspecified atom stereocenters. The van der Waals surface area contributed by atoms with Crippen molar-refractivity contribution in [2.45, 2.75) is 20.0 Å². The summed E-state index contributed by atoms with van der Waals surface area (Å²) >= 11 is 0. The van der Waals surface area contributed by atoms with Gasteiger partial charge < -0.3 is 18.9 Å². The molecular weight excluding hydrogens is 313 g/mol. The average Bonchev–Trinajstić information content (AvgIpc) is 2.35. The van der Waals surface area contributed by atoms with Gasteiger partial charge in [-0.15, -0.1) is 0 Å². The van der Waals surface area contributed by atoms with Gasteiger partial charge in [0.15, 0.2) is 6.10 Å². The first kappa shape index (κ1) is 21.1. The van der Waals surface area contributed by atoms with Gasteiger partial charge in [-0.1, -0.05) is 6.08 Å². The smallest absolute Gasteiger partial charge is 0.472 e. The standard InChI is InChI=1S/C13H26NO7P/c1-6-8-18-13(10-19-12(2)15)11-21-22(16,17)20-9-7-14(3,4)5/h6,8,13H,7,9-11H2,1-5H3/p+1/b8-6+/t13-/m1/s1. The zero-order valence-electron chi connectivity index (χ0n) is 13.9. The molecule has 0 aliphatic rings. The van der Waals surface area contributed by atoms with Crippen molar-refractivity contribution in [1.82, 2.24) is 0 Å². The first-order valence-electron chi connectivity index (χ1n) is 6.88. The molecular formula is C13H27NO7P+. The maximum Gasteiger partial charge on any atom is 0.472 e. The van der Waals surface area contributed by atoms with Gasteiger partial charge in [-0.05, 0) is 6.92 Å². The fourth-order valence-electron chi connectivity index (χ4n) is 1.17. The van der Waals surface area contributed by atoms with Crippen molar-refractivity contribution in [3.05, 3.63) is 12.3 Å². The first-order chi connectivity index (χ1) is 10.1. The highest BCUT2D eigenvalue weighted by atomic mass is 31.2. The predicted molar refractivity (Wildman–Crippen MR) is 80.9 cm³/mol. The molecule has 2 atom stereocenters. The van der Waals surface area contributed by atoms with Gasteiger partial charge in [-0.2, -0.15) is 0 Å². The number of esters is 1. The molecule has 9 heteroatoms. The minimum atomic E-state index is -4.17. The van der Waals surface area contributed by atoms with Crippen molar-refractivity contribution in [2.75, 3.05) is 47.5 Å². The maximum absolute atomic E-state index is 11.7. The second kappa shape index (κ2) is 9.97. The fourth-order valence-corrected chi connectivity index (χ4v) is 1.91. The van der Waals surface area contributed by atoms with Crippen LogP contribution in [-0.2, 0) is 27.9 Å². The molecule has 130 valence electrons. The van der Waals surface area contributed by atoms with Crippen LogP contribution in [0.4, 0.5) is 0 Å². The van der Waals surface area contributed by atoms with Gasteiger partial charge in [0.1, 0.15) is 19.8 Å². The molecule has 0 radical (unpaired) electrons. The number of hydrogen-bond donors (Lipinski definition) is 1. The number of phosphoric acid groups is 1. The lowest BCUT2D eigenvalue weighted by Gasteiger charge is -2.24. The molecule has 0 rings (SSSR count). The Morgan fingerprint density at radius 3 is 2.41 bits per heavy atom. The van der Waals surface area contributed by atoms with Crippen molar-refractivity contribution in [3.63, 3.8) is 0 Å². The molecule has 1 N–H and O–H groups in total. The Morgan fingerprint density at radius 2 is 1.91 bits per heavy atom. The largest absolute Gasteiger partial charge is 0.492 e. The van der Waals surface area contributed by atoms with E-state index >= 15 is 0 Å². The van der Waals surface area contributed by atoms with Crippen LogP contribution in [0.25, 0.3) is 0 Å². The average molecular weight is 340 g/mol. The van der Waals surface area contributed by atoms with Gasteiger partial charge in [-0.3, -0.25) is 13.8 Å². The van der Waals surface area contributed by atoms with E-state index in [0.29, 0.717) is 11.0 Å². The third-order valence-corrected chi connectivity index (χ3v) is 3.30. The summed E-state index contributed by atoms with van der Waals surface area (Å²) in [6.45, 7) is 3.32. The van der Waals surface area contributed by atoms with E-state index in [2.05, 4.69) is 0 Å².